The number of rotatable bonds is 6. The summed E-state index contributed by atoms with van der Waals surface area (Å²) < 4.78 is 31.4. The Morgan fingerprint density at radius 2 is 1.78 bits per heavy atom. The first-order valence-electron chi connectivity index (χ1n) is 8.68. The molecular formula is C18H24N6O2S. The molecule has 3 aromatic rings. The van der Waals surface area contributed by atoms with Crippen LogP contribution in [0, 0.1) is 27.7 Å². The van der Waals surface area contributed by atoms with Crippen LogP contribution in [0.4, 0.5) is 0 Å². The van der Waals surface area contributed by atoms with Crippen molar-refractivity contribution < 1.29 is 8.42 Å². The smallest absolute Gasteiger partial charge is 0.244 e. The summed E-state index contributed by atoms with van der Waals surface area (Å²) in [4.78, 5) is 4.58. The fraction of sp³-hybridized carbons (Fsp3) is 0.389. The van der Waals surface area contributed by atoms with Crippen molar-refractivity contribution in [3.8, 4) is 5.82 Å². The topological polar surface area (TPSA) is 94.7 Å². The second kappa shape index (κ2) is 7.24. The summed E-state index contributed by atoms with van der Waals surface area (Å²) >= 11 is 0. The number of aromatic nitrogens is 5. The fourth-order valence-corrected chi connectivity index (χ4v) is 4.73. The Morgan fingerprint density at radius 1 is 1.04 bits per heavy atom. The van der Waals surface area contributed by atoms with Crippen LogP contribution in [0.25, 0.3) is 5.82 Å². The normalized spacial score (nSPS) is 11.9. The summed E-state index contributed by atoms with van der Waals surface area (Å²) in [6.07, 6.45) is 2.26. The van der Waals surface area contributed by atoms with Crippen LogP contribution < -0.4 is 4.72 Å². The molecule has 0 atom stereocenters. The van der Waals surface area contributed by atoms with Gasteiger partial charge in [0.05, 0.1) is 17.1 Å². The van der Waals surface area contributed by atoms with Crippen molar-refractivity contribution in [3.05, 3.63) is 52.7 Å². The average Bonchev–Trinajstić information content (AvgIpc) is 3.04. The summed E-state index contributed by atoms with van der Waals surface area (Å²) in [7, 11) is -1.88. The van der Waals surface area contributed by atoms with E-state index in [1.807, 2.05) is 32.0 Å². The standard InChI is InChI=1S/C18H24N6O2S/c1-12-16(14(3)24(22-12)17-8-6-7-10-19-17)9-11-20-27(25,26)18-13(2)21-23(5)15(18)4/h6-8,10,20H,9,11H2,1-5H3. The minimum Gasteiger partial charge on any atom is -0.271 e. The minimum atomic E-state index is -3.61. The van der Waals surface area contributed by atoms with E-state index >= 15 is 0 Å². The van der Waals surface area contributed by atoms with Gasteiger partial charge in [-0.1, -0.05) is 6.07 Å². The Morgan fingerprint density at radius 3 is 2.37 bits per heavy atom. The van der Waals surface area contributed by atoms with E-state index in [1.165, 1.54) is 0 Å². The zero-order valence-electron chi connectivity index (χ0n) is 16.2. The van der Waals surface area contributed by atoms with Gasteiger partial charge in [0.15, 0.2) is 5.82 Å². The third-order valence-corrected chi connectivity index (χ3v) is 6.40. The first kappa shape index (κ1) is 19.2. The van der Waals surface area contributed by atoms with E-state index in [4.69, 9.17) is 0 Å². The van der Waals surface area contributed by atoms with E-state index in [1.54, 1.807) is 36.5 Å². The third-order valence-electron chi connectivity index (χ3n) is 4.69. The molecule has 3 aromatic heterocycles. The molecule has 0 aliphatic heterocycles. The van der Waals surface area contributed by atoms with Crippen molar-refractivity contribution in [1.29, 1.82) is 0 Å². The number of nitrogens with zero attached hydrogens (tertiary/aromatic N) is 5. The molecule has 0 aliphatic rings. The largest absolute Gasteiger partial charge is 0.271 e. The summed E-state index contributed by atoms with van der Waals surface area (Å²) in [6.45, 7) is 7.62. The molecule has 3 heterocycles. The van der Waals surface area contributed by atoms with Crippen LogP contribution in [0.1, 0.15) is 28.3 Å². The molecule has 3 rings (SSSR count). The number of nitrogens with one attached hydrogen (secondary N) is 1. The Bertz CT molecular complexity index is 1070. The van der Waals surface area contributed by atoms with Crippen molar-refractivity contribution in [3.63, 3.8) is 0 Å². The van der Waals surface area contributed by atoms with Gasteiger partial charge >= 0.3 is 0 Å². The van der Waals surface area contributed by atoms with E-state index in [0.29, 0.717) is 17.8 Å². The van der Waals surface area contributed by atoms with Crippen LogP contribution >= 0.6 is 0 Å². The quantitative estimate of drug-likeness (QED) is 0.694. The Balaban J connectivity index is 1.77. The highest BCUT2D eigenvalue weighted by Crippen LogP contribution is 2.19. The second-order valence-corrected chi connectivity index (χ2v) is 8.22. The van der Waals surface area contributed by atoms with Crippen molar-refractivity contribution >= 4 is 10.0 Å². The maximum absolute atomic E-state index is 12.7. The first-order valence-corrected chi connectivity index (χ1v) is 10.2. The van der Waals surface area contributed by atoms with Gasteiger partial charge < -0.3 is 0 Å². The molecule has 0 radical (unpaired) electrons. The summed E-state index contributed by atoms with van der Waals surface area (Å²) in [5.41, 5.74) is 3.96. The molecule has 0 spiro atoms. The number of pyridine rings is 1. The SMILES string of the molecule is Cc1nn(-c2ccccn2)c(C)c1CCNS(=O)(=O)c1c(C)nn(C)c1C. The lowest BCUT2D eigenvalue weighted by Crippen LogP contribution is -2.27. The van der Waals surface area contributed by atoms with Crippen LogP contribution in [0.5, 0.6) is 0 Å². The lowest BCUT2D eigenvalue weighted by molar-refractivity contribution is 0.580. The number of aryl methyl sites for hydroxylation is 3. The van der Waals surface area contributed by atoms with Crippen LogP contribution in [0.2, 0.25) is 0 Å². The average molecular weight is 388 g/mol. The highest BCUT2D eigenvalue weighted by atomic mass is 32.2. The van der Waals surface area contributed by atoms with Gasteiger partial charge in [0.25, 0.3) is 0 Å². The summed E-state index contributed by atoms with van der Waals surface area (Å²) in [5.74, 6) is 0.742. The molecular weight excluding hydrogens is 364 g/mol. The van der Waals surface area contributed by atoms with E-state index in [9.17, 15) is 8.42 Å². The fourth-order valence-electron chi connectivity index (χ4n) is 3.26. The highest BCUT2D eigenvalue weighted by Gasteiger charge is 2.23. The van der Waals surface area contributed by atoms with Crippen molar-refractivity contribution in [2.24, 2.45) is 7.05 Å². The monoisotopic (exact) mass is 388 g/mol. The zero-order chi connectivity index (χ0) is 19.8. The van der Waals surface area contributed by atoms with Gasteiger partial charge in [-0.2, -0.15) is 10.2 Å². The zero-order valence-corrected chi connectivity index (χ0v) is 17.0. The van der Waals surface area contributed by atoms with E-state index < -0.39 is 10.0 Å². The predicted octanol–water partition coefficient (Wildman–Crippen LogP) is 1.76. The summed E-state index contributed by atoms with van der Waals surface area (Å²) in [6, 6.07) is 5.65. The molecule has 8 nitrogen and oxygen atoms in total. The van der Waals surface area contributed by atoms with Gasteiger partial charge in [-0.25, -0.2) is 22.8 Å². The van der Waals surface area contributed by atoms with E-state index in [2.05, 4.69) is 19.9 Å². The molecule has 1 N–H and O–H groups in total. The molecule has 0 aromatic carbocycles. The Labute approximate surface area is 159 Å². The van der Waals surface area contributed by atoms with Gasteiger partial charge in [-0.3, -0.25) is 4.68 Å². The number of hydrogen-bond donors (Lipinski definition) is 1. The highest BCUT2D eigenvalue weighted by molar-refractivity contribution is 7.89. The number of hydrogen-bond acceptors (Lipinski definition) is 5. The number of sulfonamides is 1. The second-order valence-electron chi connectivity index (χ2n) is 6.52. The van der Waals surface area contributed by atoms with Gasteiger partial charge in [0.2, 0.25) is 10.0 Å². The van der Waals surface area contributed by atoms with Crippen LogP contribution in [-0.2, 0) is 23.5 Å². The molecule has 27 heavy (non-hydrogen) atoms. The molecule has 0 aliphatic carbocycles. The third kappa shape index (κ3) is 3.65. The maximum Gasteiger partial charge on any atom is 0.244 e. The molecule has 0 amide bonds. The lowest BCUT2D eigenvalue weighted by atomic mass is 10.1. The van der Waals surface area contributed by atoms with Crippen molar-refractivity contribution in [1.82, 2.24) is 29.3 Å². The van der Waals surface area contributed by atoms with Crippen molar-refractivity contribution in [2.45, 2.75) is 39.0 Å². The molecule has 0 fully saturated rings. The van der Waals surface area contributed by atoms with Gasteiger partial charge in [0.1, 0.15) is 4.90 Å². The van der Waals surface area contributed by atoms with Crippen LogP contribution in [0.15, 0.2) is 29.3 Å². The van der Waals surface area contributed by atoms with Crippen LogP contribution in [-0.4, -0.2) is 39.5 Å². The van der Waals surface area contributed by atoms with Gasteiger partial charge in [-0.05, 0) is 51.8 Å². The predicted molar refractivity (Wildman–Crippen MR) is 102 cm³/mol. The first-order chi connectivity index (χ1) is 12.7. The van der Waals surface area contributed by atoms with Crippen LogP contribution in [0.3, 0.4) is 0 Å². The maximum atomic E-state index is 12.7. The lowest BCUT2D eigenvalue weighted by Gasteiger charge is -2.08. The van der Waals surface area contributed by atoms with E-state index in [0.717, 1.165) is 22.8 Å². The molecule has 9 heteroatoms. The molecule has 144 valence electrons. The molecule has 0 saturated carbocycles. The molecule has 0 unspecified atom stereocenters. The van der Waals surface area contributed by atoms with E-state index in [-0.39, 0.29) is 11.4 Å². The molecule has 0 saturated heterocycles. The van der Waals surface area contributed by atoms with Crippen molar-refractivity contribution in [2.75, 3.05) is 6.54 Å². The van der Waals surface area contributed by atoms with Gasteiger partial charge in [-0.15, -0.1) is 0 Å². The Kier molecular flexibility index (Phi) is 5.16. The minimum absolute atomic E-state index is 0.252. The Hall–Kier alpha value is -2.52. The summed E-state index contributed by atoms with van der Waals surface area (Å²) in [5, 5.41) is 8.73. The van der Waals surface area contributed by atoms with Gasteiger partial charge in [0, 0.05) is 25.5 Å². The molecule has 0 bridgehead atoms.